The predicted octanol–water partition coefficient (Wildman–Crippen LogP) is 3.58. The van der Waals surface area contributed by atoms with Gasteiger partial charge in [-0.15, -0.1) is 0 Å². The van der Waals surface area contributed by atoms with Gasteiger partial charge >= 0.3 is 0 Å². The Morgan fingerprint density at radius 1 is 1.21 bits per heavy atom. The molecule has 0 spiro atoms. The Balaban J connectivity index is 1.92. The number of halogens is 1. The third-order valence-electron chi connectivity index (χ3n) is 4.93. The normalized spacial score (nSPS) is 29.8. The Labute approximate surface area is 123 Å². The van der Waals surface area contributed by atoms with Crippen molar-refractivity contribution in [3.8, 4) is 0 Å². The van der Waals surface area contributed by atoms with Gasteiger partial charge in [-0.05, 0) is 61.8 Å². The zero-order valence-electron chi connectivity index (χ0n) is 11.4. The molecule has 2 nitrogen and oxygen atoms in total. The standard InChI is InChI=1S/C16H21BrO2/c1-11-2-5-13(17)8-15(11)16(9-19-10-16)12-3-6-14(18)7-4-12/h2,5,8,12,14,18H,3-4,6-7,9-10H2,1H3. The summed E-state index contributed by atoms with van der Waals surface area (Å²) in [7, 11) is 0. The lowest BCUT2D eigenvalue weighted by Gasteiger charge is -2.50. The second kappa shape index (κ2) is 5.19. The summed E-state index contributed by atoms with van der Waals surface area (Å²) in [5, 5.41) is 9.71. The van der Waals surface area contributed by atoms with Crippen molar-refractivity contribution in [1.82, 2.24) is 0 Å². The lowest BCUT2D eigenvalue weighted by atomic mass is 9.62. The zero-order valence-corrected chi connectivity index (χ0v) is 12.9. The SMILES string of the molecule is Cc1ccc(Br)cc1C1(C2CCC(O)CC2)COC1. The average molecular weight is 325 g/mol. The van der Waals surface area contributed by atoms with Crippen LogP contribution in [0, 0.1) is 12.8 Å². The molecule has 1 aliphatic heterocycles. The number of rotatable bonds is 2. The second-order valence-electron chi connectivity index (χ2n) is 6.11. The van der Waals surface area contributed by atoms with Gasteiger partial charge in [-0.2, -0.15) is 0 Å². The van der Waals surface area contributed by atoms with Gasteiger partial charge in [0.2, 0.25) is 0 Å². The van der Waals surface area contributed by atoms with Gasteiger partial charge in [-0.3, -0.25) is 0 Å². The highest BCUT2D eigenvalue weighted by Gasteiger charge is 2.48. The summed E-state index contributed by atoms with van der Waals surface area (Å²) >= 11 is 3.59. The van der Waals surface area contributed by atoms with Gasteiger partial charge in [0.1, 0.15) is 0 Å². The molecule has 1 aromatic rings. The quantitative estimate of drug-likeness (QED) is 0.901. The molecule has 0 amide bonds. The lowest BCUT2D eigenvalue weighted by molar-refractivity contribution is -0.103. The fraction of sp³-hybridized carbons (Fsp3) is 0.625. The van der Waals surface area contributed by atoms with Gasteiger partial charge in [0.25, 0.3) is 0 Å². The van der Waals surface area contributed by atoms with Crippen molar-refractivity contribution >= 4 is 15.9 Å². The minimum atomic E-state index is -0.0853. The molecule has 1 aromatic carbocycles. The van der Waals surface area contributed by atoms with E-state index in [1.165, 1.54) is 11.1 Å². The first kappa shape index (κ1) is 13.6. The number of aliphatic hydroxyl groups excluding tert-OH is 1. The summed E-state index contributed by atoms with van der Waals surface area (Å²) in [6.45, 7) is 3.87. The fourth-order valence-electron chi connectivity index (χ4n) is 3.69. The molecular formula is C16H21BrO2. The summed E-state index contributed by atoms with van der Waals surface area (Å²) in [5.74, 6) is 0.651. The molecule has 2 aliphatic rings. The molecule has 1 saturated carbocycles. The van der Waals surface area contributed by atoms with E-state index in [-0.39, 0.29) is 11.5 Å². The molecule has 0 atom stereocenters. The number of hydrogen-bond acceptors (Lipinski definition) is 2. The Morgan fingerprint density at radius 3 is 2.47 bits per heavy atom. The van der Waals surface area contributed by atoms with Crippen molar-refractivity contribution in [1.29, 1.82) is 0 Å². The highest BCUT2D eigenvalue weighted by Crippen LogP contribution is 2.47. The summed E-state index contributed by atoms with van der Waals surface area (Å²) in [5.41, 5.74) is 2.99. The van der Waals surface area contributed by atoms with E-state index < -0.39 is 0 Å². The highest BCUT2D eigenvalue weighted by atomic mass is 79.9. The van der Waals surface area contributed by atoms with Crippen molar-refractivity contribution in [2.24, 2.45) is 5.92 Å². The van der Waals surface area contributed by atoms with E-state index in [0.717, 1.165) is 43.4 Å². The molecule has 1 N–H and O–H groups in total. The Hall–Kier alpha value is -0.380. The van der Waals surface area contributed by atoms with E-state index in [4.69, 9.17) is 4.74 Å². The zero-order chi connectivity index (χ0) is 13.5. The molecule has 3 rings (SSSR count). The molecule has 1 heterocycles. The molecule has 1 aliphatic carbocycles. The van der Waals surface area contributed by atoms with Crippen LogP contribution >= 0.6 is 15.9 Å². The molecule has 0 aromatic heterocycles. The molecule has 3 heteroatoms. The topological polar surface area (TPSA) is 29.5 Å². The van der Waals surface area contributed by atoms with Crippen molar-refractivity contribution in [3.05, 3.63) is 33.8 Å². The summed E-state index contributed by atoms with van der Waals surface area (Å²) in [6.07, 6.45) is 4.05. The van der Waals surface area contributed by atoms with E-state index in [0.29, 0.717) is 5.92 Å². The molecule has 0 radical (unpaired) electrons. The van der Waals surface area contributed by atoms with Crippen molar-refractivity contribution in [2.75, 3.05) is 13.2 Å². The lowest BCUT2D eigenvalue weighted by Crippen LogP contribution is -2.53. The molecule has 1 saturated heterocycles. The van der Waals surface area contributed by atoms with Crippen LogP contribution in [0.1, 0.15) is 36.8 Å². The van der Waals surface area contributed by atoms with Crippen LogP contribution in [0.25, 0.3) is 0 Å². The van der Waals surface area contributed by atoms with E-state index in [1.807, 2.05) is 0 Å². The Kier molecular flexibility index (Phi) is 3.71. The smallest absolute Gasteiger partial charge is 0.0588 e. The van der Waals surface area contributed by atoms with Crippen LogP contribution in [-0.2, 0) is 10.2 Å². The van der Waals surface area contributed by atoms with Crippen molar-refractivity contribution in [3.63, 3.8) is 0 Å². The number of hydrogen-bond donors (Lipinski definition) is 1. The fourth-order valence-corrected chi connectivity index (χ4v) is 4.05. The molecule has 0 bridgehead atoms. The predicted molar refractivity (Wildman–Crippen MR) is 79.3 cm³/mol. The number of aliphatic hydroxyl groups is 1. The van der Waals surface area contributed by atoms with Crippen LogP contribution in [0.4, 0.5) is 0 Å². The van der Waals surface area contributed by atoms with Crippen LogP contribution in [0.5, 0.6) is 0 Å². The van der Waals surface area contributed by atoms with E-state index in [1.54, 1.807) is 0 Å². The van der Waals surface area contributed by atoms with Gasteiger partial charge in [0.05, 0.1) is 19.3 Å². The monoisotopic (exact) mass is 324 g/mol. The first-order chi connectivity index (χ1) is 9.12. The van der Waals surface area contributed by atoms with Crippen LogP contribution in [0.3, 0.4) is 0 Å². The van der Waals surface area contributed by atoms with Gasteiger partial charge in [-0.25, -0.2) is 0 Å². The summed E-state index contributed by atoms with van der Waals surface area (Å²) in [6, 6.07) is 6.57. The average Bonchev–Trinajstić information content (AvgIpc) is 2.34. The molecular weight excluding hydrogens is 304 g/mol. The molecule has 0 unspecified atom stereocenters. The maximum absolute atomic E-state index is 9.71. The van der Waals surface area contributed by atoms with Gasteiger partial charge < -0.3 is 9.84 Å². The third kappa shape index (κ3) is 2.37. The minimum absolute atomic E-state index is 0.0853. The molecule has 104 valence electrons. The van der Waals surface area contributed by atoms with Crippen LogP contribution in [0.2, 0.25) is 0 Å². The third-order valence-corrected chi connectivity index (χ3v) is 5.43. The van der Waals surface area contributed by atoms with Crippen molar-refractivity contribution < 1.29 is 9.84 Å². The molecule has 19 heavy (non-hydrogen) atoms. The maximum atomic E-state index is 9.71. The Morgan fingerprint density at radius 2 is 1.89 bits per heavy atom. The van der Waals surface area contributed by atoms with Gasteiger partial charge in [0.15, 0.2) is 0 Å². The van der Waals surface area contributed by atoms with Gasteiger partial charge in [-0.1, -0.05) is 22.0 Å². The second-order valence-corrected chi connectivity index (χ2v) is 7.03. The number of benzene rings is 1. The van der Waals surface area contributed by atoms with Gasteiger partial charge in [0, 0.05) is 9.89 Å². The van der Waals surface area contributed by atoms with Crippen LogP contribution in [-0.4, -0.2) is 24.4 Å². The van der Waals surface area contributed by atoms with Crippen LogP contribution in [0.15, 0.2) is 22.7 Å². The van der Waals surface area contributed by atoms with E-state index >= 15 is 0 Å². The van der Waals surface area contributed by atoms with Crippen LogP contribution < -0.4 is 0 Å². The Bertz CT molecular complexity index is 460. The summed E-state index contributed by atoms with van der Waals surface area (Å²) < 4.78 is 6.74. The highest BCUT2D eigenvalue weighted by molar-refractivity contribution is 9.10. The van der Waals surface area contributed by atoms with Crippen molar-refractivity contribution in [2.45, 2.75) is 44.1 Å². The molecule has 2 fully saturated rings. The first-order valence-corrected chi connectivity index (χ1v) is 7.93. The first-order valence-electron chi connectivity index (χ1n) is 7.14. The number of aryl methyl sites for hydroxylation is 1. The maximum Gasteiger partial charge on any atom is 0.0588 e. The van der Waals surface area contributed by atoms with E-state index in [9.17, 15) is 5.11 Å². The summed E-state index contributed by atoms with van der Waals surface area (Å²) in [4.78, 5) is 0. The van der Waals surface area contributed by atoms with E-state index in [2.05, 4.69) is 41.1 Å². The number of ether oxygens (including phenoxy) is 1. The largest absolute Gasteiger partial charge is 0.393 e. The minimum Gasteiger partial charge on any atom is -0.393 e.